The summed E-state index contributed by atoms with van der Waals surface area (Å²) in [5.74, 6) is -0.559. The Morgan fingerprint density at radius 1 is 1.11 bits per heavy atom. The number of benzene rings is 2. The zero-order chi connectivity index (χ0) is 23.9. The highest BCUT2D eigenvalue weighted by Crippen LogP contribution is 2.42. The lowest BCUT2D eigenvalue weighted by molar-refractivity contribution is -0.139. The molecular formula is C27H20N2O4S2. The first-order valence-corrected chi connectivity index (χ1v) is 12.9. The number of aliphatic carboxylic acids is 1. The molecule has 0 fully saturated rings. The summed E-state index contributed by atoms with van der Waals surface area (Å²) in [6.07, 6.45) is 3.67. The van der Waals surface area contributed by atoms with E-state index in [2.05, 4.69) is 29.6 Å². The zero-order valence-corrected chi connectivity index (χ0v) is 20.1. The molecular weight excluding hydrogens is 480 g/mol. The number of nitrogens with zero attached hydrogens (tertiary/aromatic N) is 2. The second-order valence-electron chi connectivity index (χ2n) is 8.38. The van der Waals surface area contributed by atoms with Gasteiger partial charge in [-0.2, -0.15) is 0 Å². The first-order valence-electron chi connectivity index (χ1n) is 11.2. The van der Waals surface area contributed by atoms with E-state index < -0.39 is 12.6 Å². The molecule has 0 spiro atoms. The molecule has 8 heteroatoms. The molecule has 0 bridgehead atoms. The predicted octanol–water partition coefficient (Wildman–Crippen LogP) is 3.84. The van der Waals surface area contributed by atoms with Gasteiger partial charge in [0.25, 0.3) is 5.56 Å². The van der Waals surface area contributed by atoms with Gasteiger partial charge in [0, 0.05) is 10.4 Å². The van der Waals surface area contributed by atoms with Crippen molar-refractivity contribution in [3.8, 4) is 5.75 Å². The van der Waals surface area contributed by atoms with Gasteiger partial charge in [0.1, 0.15) is 5.75 Å². The highest BCUT2D eigenvalue weighted by molar-refractivity contribution is 7.10. The van der Waals surface area contributed by atoms with E-state index in [0.717, 1.165) is 34.5 Å². The minimum atomic E-state index is -1.03. The number of rotatable bonds is 5. The molecule has 2 aromatic carbocycles. The van der Waals surface area contributed by atoms with E-state index in [4.69, 9.17) is 14.8 Å². The Morgan fingerprint density at radius 2 is 1.94 bits per heavy atom. The average molecular weight is 501 g/mol. The van der Waals surface area contributed by atoms with Gasteiger partial charge >= 0.3 is 5.97 Å². The van der Waals surface area contributed by atoms with Crippen molar-refractivity contribution in [2.24, 2.45) is 4.99 Å². The summed E-state index contributed by atoms with van der Waals surface area (Å²) in [5.41, 5.74) is 5.43. The second-order valence-corrected chi connectivity index (χ2v) is 10.4. The predicted molar refractivity (Wildman–Crippen MR) is 137 cm³/mol. The van der Waals surface area contributed by atoms with Gasteiger partial charge < -0.3 is 9.84 Å². The largest absolute Gasteiger partial charge is 0.482 e. The summed E-state index contributed by atoms with van der Waals surface area (Å²) < 4.78 is 7.66. The van der Waals surface area contributed by atoms with E-state index >= 15 is 0 Å². The maximum absolute atomic E-state index is 13.7. The van der Waals surface area contributed by atoms with Crippen LogP contribution in [0.4, 0.5) is 0 Å². The molecule has 1 unspecified atom stereocenters. The fourth-order valence-corrected chi connectivity index (χ4v) is 6.52. The third-order valence-corrected chi connectivity index (χ3v) is 8.13. The minimum absolute atomic E-state index is 0.0521. The molecule has 174 valence electrons. The van der Waals surface area contributed by atoms with Gasteiger partial charge in [-0.3, -0.25) is 9.36 Å². The van der Waals surface area contributed by atoms with Crippen molar-refractivity contribution in [2.75, 3.05) is 6.61 Å². The molecule has 0 saturated heterocycles. The SMILES string of the molecule is O=C(O)COc1ccc(/C=c2/sc3n(c2=O)C(c2cccs2)C2=C(N=3)c3ccccc3CC2)cc1. The molecule has 0 radical (unpaired) electrons. The molecule has 35 heavy (non-hydrogen) atoms. The number of ether oxygens (including phenoxy) is 1. The Morgan fingerprint density at radius 3 is 2.71 bits per heavy atom. The molecule has 1 atom stereocenters. The quantitative estimate of drug-likeness (QED) is 0.452. The van der Waals surface area contributed by atoms with Crippen molar-refractivity contribution in [1.29, 1.82) is 0 Å². The summed E-state index contributed by atoms with van der Waals surface area (Å²) in [4.78, 5) is 31.2. The van der Waals surface area contributed by atoms with Crippen LogP contribution >= 0.6 is 22.7 Å². The molecule has 4 aromatic rings. The summed E-state index contributed by atoms with van der Waals surface area (Å²) in [6.45, 7) is -0.394. The maximum Gasteiger partial charge on any atom is 0.341 e. The van der Waals surface area contributed by atoms with Crippen LogP contribution in [0.15, 0.2) is 81.4 Å². The number of hydrogen-bond acceptors (Lipinski definition) is 6. The Labute approximate surface area is 208 Å². The molecule has 6 rings (SSSR count). The number of thiophene rings is 1. The lowest BCUT2D eigenvalue weighted by Crippen LogP contribution is -2.38. The number of carboxylic acids is 1. The topological polar surface area (TPSA) is 80.9 Å². The van der Waals surface area contributed by atoms with Gasteiger partial charge in [-0.1, -0.05) is 53.8 Å². The maximum atomic E-state index is 13.7. The van der Waals surface area contributed by atoms with Crippen LogP contribution in [-0.4, -0.2) is 22.2 Å². The van der Waals surface area contributed by atoms with Gasteiger partial charge in [-0.15, -0.1) is 11.3 Å². The third-order valence-electron chi connectivity index (χ3n) is 6.23. The Hall–Kier alpha value is -3.75. The Balaban J connectivity index is 1.47. The zero-order valence-electron chi connectivity index (χ0n) is 18.5. The highest BCUT2D eigenvalue weighted by atomic mass is 32.1. The molecule has 0 saturated carbocycles. The minimum Gasteiger partial charge on any atom is -0.482 e. The number of fused-ring (bicyclic) bond motifs is 3. The van der Waals surface area contributed by atoms with Crippen LogP contribution in [0.5, 0.6) is 5.75 Å². The van der Waals surface area contributed by atoms with E-state index in [1.54, 1.807) is 23.5 Å². The fraction of sp³-hybridized carbons (Fsp3) is 0.148. The standard InChI is InChI=1S/C27H20N2O4S2/c30-23(31)15-33-18-10-7-16(8-11-18)14-22-26(32)29-25(21-6-3-13-34-21)20-12-9-17-4-1-2-5-19(17)24(20)28-27(29)35-22/h1-8,10-11,13-14,25H,9,12,15H2,(H,30,31)/b22-14+. The summed E-state index contributed by atoms with van der Waals surface area (Å²) in [6, 6.07) is 19.4. The third kappa shape index (κ3) is 3.94. The smallest absolute Gasteiger partial charge is 0.341 e. The molecule has 1 N–H and O–H groups in total. The summed E-state index contributed by atoms with van der Waals surface area (Å²) in [7, 11) is 0. The van der Waals surface area contributed by atoms with Gasteiger partial charge in [-0.05, 0) is 59.2 Å². The first-order chi connectivity index (χ1) is 17.1. The number of aromatic nitrogens is 1. The number of allylic oxidation sites excluding steroid dienone is 1. The van der Waals surface area contributed by atoms with E-state index in [1.807, 2.05) is 34.9 Å². The molecule has 2 aliphatic rings. The summed E-state index contributed by atoms with van der Waals surface area (Å²) >= 11 is 3.06. The molecule has 2 aromatic heterocycles. The number of carboxylic acid groups (broad SMARTS) is 1. The van der Waals surface area contributed by atoms with Crippen LogP contribution in [0.2, 0.25) is 0 Å². The summed E-state index contributed by atoms with van der Waals surface area (Å²) in [5, 5.41) is 10.8. The number of hydrogen-bond donors (Lipinski definition) is 1. The first kappa shape index (κ1) is 21.8. The fourth-order valence-electron chi connectivity index (χ4n) is 4.67. The van der Waals surface area contributed by atoms with Crippen molar-refractivity contribution < 1.29 is 14.6 Å². The van der Waals surface area contributed by atoms with Crippen molar-refractivity contribution in [3.63, 3.8) is 0 Å². The van der Waals surface area contributed by atoms with Crippen LogP contribution in [0.3, 0.4) is 0 Å². The monoisotopic (exact) mass is 500 g/mol. The number of thiazole rings is 1. The Bertz CT molecular complexity index is 1640. The highest BCUT2D eigenvalue weighted by Gasteiger charge is 2.32. The number of carbonyl (C=O) groups is 1. The van der Waals surface area contributed by atoms with Gasteiger partial charge in [0.05, 0.1) is 16.3 Å². The van der Waals surface area contributed by atoms with E-state index in [0.29, 0.717) is 15.1 Å². The van der Waals surface area contributed by atoms with Crippen LogP contribution < -0.4 is 19.6 Å². The van der Waals surface area contributed by atoms with E-state index in [-0.39, 0.29) is 11.6 Å². The van der Waals surface area contributed by atoms with Gasteiger partial charge in [-0.25, -0.2) is 9.79 Å². The molecule has 6 nitrogen and oxygen atoms in total. The van der Waals surface area contributed by atoms with Crippen molar-refractivity contribution in [1.82, 2.24) is 4.57 Å². The van der Waals surface area contributed by atoms with Crippen LogP contribution in [-0.2, 0) is 11.2 Å². The normalized spacial score (nSPS) is 16.8. The van der Waals surface area contributed by atoms with Crippen LogP contribution in [0, 0.1) is 0 Å². The van der Waals surface area contributed by atoms with Crippen molar-refractivity contribution in [3.05, 3.63) is 113 Å². The van der Waals surface area contributed by atoms with Crippen molar-refractivity contribution in [2.45, 2.75) is 18.9 Å². The van der Waals surface area contributed by atoms with Gasteiger partial charge in [0.15, 0.2) is 11.4 Å². The lowest BCUT2D eigenvalue weighted by atomic mass is 9.85. The van der Waals surface area contributed by atoms with E-state index in [1.165, 1.54) is 22.5 Å². The molecule has 1 aliphatic carbocycles. The van der Waals surface area contributed by atoms with Crippen molar-refractivity contribution >= 4 is 40.4 Å². The average Bonchev–Trinajstić information content (AvgIpc) is 3.51. The van der Waals surface area contributed by atoms with Gasteiger partial charge in [0.2, 0.25) is 0 Å². The van der Waals surface area contributed by atoms with Crippen LogP contribution in [0.1, 0.15) is 34.0 Å². The number of aryl methyl sites for hydroxylation is 1. The Kier molecular flexibility index (Phi) is 5.47. The van der Waals surface area contributed by atoms with Crippen LogP contribution in [0.25, 0.3) is 11.8 Å². The molecule has 3 heterocycles. The lowest BCUT2D eigenvalue weighted by Gasteiger charge is -2.30. The van der Waals surface area contributed by atoms with E-state index in [9.17, 15) is 9.59 Å². The molecule has 0 amide bonds. The second kappa shape index (κ2) is 8.79. The molecule has 1 aliphatic heterocycles.